The third-order valence-corrected chi connectivity index (χ3v) is 5.33. The van der Waals surface area contributed by atoms with Gasteiger partial charge in [-0.25, -0.2) is 9.78 Å². The first-order chi connectivity index (χ1) is 11.6. The molecule has 2 aromatic heterocycles. The van der Waals surface area contributed by atoms with E-state index >= 15 is 0 Å². The van der Waals surface area contributed by atoms with Gasteiger partial charge in [0, 0.05) is 31.7 Å². The number of aromatic amines is 1. The normalized spacial score (nSPS) is 27.2. The summed E-state index contributed by atoms with van der Waals surface area (Å²) in [5, 5.41) is 0. The Kier molecular flexibility index (Phi) is 3.88. The number of likely N-dealkylation sites (tertiary alicyclic amines) is 1. The topological polar surface area (TPSA) is 97.0 Å². The van der Waals surface area contributed by atoms with Gasteiger partial charge >= 0.3 is 5.69 Å². The number of hydrogen-bond acceptors (Lipinski definition) is 4. The molecule has 1 saturated heterocycles. The number of nitrogens with one attached hydrogen (secondary N) is 1. The van der Waals surface area contributed by atoms with Gasteiger partial charge in [0.05, 0.1) is 11.6 Å². The minimum atomic E-state index is -0.145. The first kappa shape index (κ1) is 15.4. The van der Waals surface area contributed by atoms with Gasteiger partial charge in [0.15, 0.2) is 5.65 Å². The minimum Gasteiger partial charge on any atom is -0.341 e. The van der Waals surface area contributed by atoms with E-state index < -0.39 is 0 Å². The standard InChI is InChI=1S/C17H23N5O2/c18-12-7-11(8-12)9-15(23)21-6-2-3-13(10-21)22-16-14(20-17(22)24)4-1-5-19-16/h1,4-5,11-13H,2-3,6-10,18H2,(H,20,24). The van der Waals surface area contributed by atoms with E-state index in [4.69, 9.17) is 5.73 Å². The van der Waals surface area contributed by atoms with Crippen LogP contribution in [-0.2, 0) is 4.79 Å². The summed E-state index contributed by atoms with van der Waals surface area (Å²) in [5.41, 5.74) is 7.08. The van der Waals surface area contributed by atoms with Crippen LogP contribution in [0.3, 0.4) is 0 Å². The molecule has 3 heterocycles. The number of nitrogens with two attached hydrogens (primary N) is 1. The maximum atomic E-state index is 12.5. The molecular weight excluding hydrogens is 306 g/mol. The Morgan fingerprint density at radius 3 is 3.04 bits per heavy atom. The van der Waals surface area contributed by atoms with Gasteiger partial charge in [0.1, 0.15) is 0 Å². The van der Waals surface area contributed by atoms with Crippen molar-refractivity contribution in [1.82, 2.24) is 19.4 Å². The van der Waals surface area contributed by atoms with Crippen molar-refractivity contribution in [2.24, 2.45) is 11.7 Å². The third-order valence-electron chi connectivity index (χ3n) is 5.33. The lowest BCUT2D eigenvalue weighted by molar-refractivity contribution is -0.134. The smallest absolute Gasteiger partial charge is 0.327 e. The average molecular weight is 329 g/mol. The van der Waals surface area contributed by atoms with E-state index in [1.54, 1.807) is 10.8 Å². The van der Waals surface area contributed by atoms with Gasteiger partial charge in [-0.05, 0) is 43.7 Å². The maximum absolute atomic E-state index is 12.5. The zero-order valence-electron chi connectivity index (χ0n) is 13.6. The predicted octanol–water partition coefficient (Wildman–Crippen LogP) is 1.02. The van der Waals surface area contributed by atoms with Crippen LogP contribution in [0.1, 0.15) is 38.1 Å². The fraction of sp³-hybridized carbons (Fsp3) is 0.588. The summed E-state index contributed by atoms with van der Waals surface area (Å²) in [6.45, 7) is 1.36. The SMILES string of the molecule is NC1CC(CC(=O)N2CCCC(n3c(=O)[nH]c4cccnc43)C2)C1. The van der Waals surface area contributed by atoms with Gasteiger partial charge in [-0.1, -0.05) is 0 Å². The molecular formula is C17H23N5O2. The number of aromatic nitrogens is 3. The molecule has 0 aromatic carbocycles. The number of amides is 1. The molecule has 3 N–H and O–H groups in total. The number of fused-ring (bicyclic) bond motifs is 1. The van der Waals surface area contributed by atoms with Crippen LogP contribution in [-0.4, -0.2) is 44.5 Å². The minimum absolute atomic E-state index is 0.0116. The van der Waals surface area contributed by atoms with Crippen molar-refractivity contribution >= 4 is 17.1 Å². The van der Waals surface area contributed by atoms with Crippen molar-refractivity contribution in [2.75, 3.05) is 13.1 Å². The molecule has 1 saturated carbocycles. The van der Waals surface area contributed by atoms with Crippen molar-refractivity contribution in [3.63, 3.8) is 0 Å². The lowest BCUT2D eigenvalue weighted by Gasteiger charge is -2.37. The number of carbonyl (C=O) groups excluding carboxylic acids is 1. The largest absolute Gasteiger partial charge is 0.341 e. The molecule has 1 amide bonds. The Labute approximate surface area is 139 Å². The van der Waals surface area contributed by atoms with Crippen molar-refractivity contribution < 1.29 is 4.79 Å². The highest BCUT2D eigenvalue weighted by Crippen LogP contribution is 2.30. The Morgan fingerprint density at radius 1 is 1.42 bits per heavy atom. The molecule has 1 aliphatic heterocycles. The molecule has 7 nitrogen and oxygen atoms in total. The van der Waals surface area contributed by atoms with Crippen LogP contribution in [0.2, 0.25) is 0 Å². The lowest BCUT2D eigenvalue weighted by atomic mass is 9.78. The summed E-state index contributed by atoms with van der Waals surface area (Å²) in [7, 11) is 0. The first-order valence-electron chi connectivity index (χ1n) is 8.70. The van der Waals surface area contributed by atoms with Gasteiger partial charge < -0.3 is 15.6 Å². The molecule has 2 aromatic rings. The van der Waals surface area contributed by atoms with E-state index in [0.29, 0.717) is 24.5 Å². The Morgan fingerprint density at radius 2 is 2.25 bits per heavy atom. The predicted molar refractivity (Wildman–Crippen MR) is 90.5 cm³/mol. The van der Waals surface area contributed by atoms with E-state index in [9.17, 15) is 9.59 Å². The number of carbonyl (C=O) groups is 1. The molecule has 1 unspecified atom stereocenters. The number of pyridine rings is 1. The Bertz CT molecular complexity index is 805. The summed E-state index contributed by atoms with van der Waals surface area (Å²) < 4.78 is 1.72. The molecule has 2 fully saturated rings. The molecule has 0 radical (unpaired) electrons. The van der Waals surface area contributed by atoms with Gasteiger partial charge in [0.25, 0.3) is 0 Å². The van der Waals surface area contributed by atoms with Crippen LogP contribution in [0, 0.1) is 5.92 Å². The molecule has 128 valence electrons. The number of rotatable bonds is 3. The molecule has 4 rings (SSSR count). The van der Waals surface area contributed by atoms with Crippen LogP contribution < -0.4 is 11.4 Å². The summed E-state index contributed by atoms with van der Waals surface area (Å²) in [6.07, 6.45) is 5.98. The molecule has 0 bridgehead atoms. The first-order valence-corrected chi connectivity index (χ1v) is 8.70. The number of piperidine rings is 1. The summed E-state index contributed by atoms with van der Waals surface area (Å²) >= 11 is 0. The summed E-state index contributed by atoms with van der Waals surface area (Å²) in [4.78, 5) is 34.0. The average Bonchev–Trinajstić information content (AvgIpc) is 2.89. The van der Waals surface area contributed by atoms with Crippen molar-refractivity contribution in [3.05, 3.63) is 28.8 Å². The van der Waals surface area contributed by atoms with E-state index in [1.165, 1.54) is 0 Å². The van der Waals surface area contributed by atoms with Crippen molar-refractivity contribution in [3.8, 4) is 0 Å². The second-order valence-electron chi connectivity index (χ2n) is 7.11. The molecule has 2 aliphatic rings. The maximum Gasteiger partial charge on any atom is 0.327 e. The third kappa shape index (κ3) is 2.73. The fourth-order valence-corrected chi connectivity index (χ4v) is 4.02. The zero-order valence-corrected chi connectivity index (χ0v) is 13.6. The van der Waals surface area contributed by atoms with E-state index in [0.717, 1.165) is 37.7 Å². The highest BCUT2D eigenvalue weighted by atomic mass is 16.2. The molecule has 1 aliphatic carbocycles. The number of nitrogens with zero attached hydrogens (tertiary/aromatic N) is 3. The zero-order chi connectivity index (χ0) is 16.7. The quantitative estimate of drug-likeness (QED) is 0.878. The molecule has 7 heteroatoms. The van der Waals surface area contributed by atoms with Crippen LogP contribution >= 0.6 is 0 Å². The van der Waals surface area contributed by atoms with Crippen molar-refractivity contribution in [1.29, 1.82) is 0 Å². The molecule has 1 atom stereocenters. The van der Waals surface area contributed by atoms with Crippen LogP contribution in [0.4, 0.5) is 0 Å². The molecule has 24 heavy (non-hydrogen) atoms. The summed E-state index contributed by atoms with van der Waals surface area (Å²) in [5.74, 6) is 0.628. The van der Waals surface area contributed by atoms with Gasteiger partial charge in [-0.2, -0.15) is 0 Å². The highest BCUT2D eigenvalue weighted by Gasteiger charge is 2.32. The van der Waals surface area contributed by atoms with Gasteiger partial charge in [-0.3, -0.25) is 9.36 Å². The van der Waals surface area contributed by atoms with Crippen LogP contribution in [0.5, 0.6) is 0 Å². The monoisotopic (exact) mass is 329 g/mol. The van der Waals surface area contributed by atoms with Crippen molar-refractivity contribution in [2.45, 2.75) is 44.2 Å². The summed E-state index contributed by atoms with van der Waals surface area (Å²) in [6, 6.07) is 3.92. The van der Waals surface area contributed by atoms with E-state index in [1.807, 2.05) is 17.0 Å². The van der Waals surface area contributed by atoms with E-state index in [-0.39, 0.29) is 23.7 Å². The number of H-pyrrole nitrogens is 1. The lowest BCUT2D eigenvalue weighted by Crippen LogP contribution is -2.45. The van der Waals surface area contributed by atoms with Gasteiger partial charge in [-0.15, -0.1) is 0 Å². The van der Waals surface area contributed by atoms with Crippen LogP contribution in [0.25, 0.3) is 11.2 Å². The highest BCUT2D eigenvalue weighted by molar-refractivity contribution is 5.77. The number of imidazole rings is 1. The second-order valence-corrected chi connectivity index (χ2v) is 7.11. The fourth-order valence-electron chi connectivity index (χ4n) is 4.02. The molecule has 0 spiro atoms. The van der Waals surface area contributed by atoms with E-state index in [2.05, 4.69) is 9.97 Å². The Hall–Kier alpha value is -2.15. The number of hydrogen-bond donors (Lipinski definition) is 2. The van der Waals surface area contributed by atoms with Crippen LogP contribution in [0.15, 0.2) is 23.1 Å². The Balaban J connectivity index is 1.51. The van der Waals surface area contributed by atoms with Gasteiger partial charge in [0.2, 0.25) is 5.91 Å². The second kappa shape index (κ2) is 6.05.